The number of carboxylic acid groups (broad SMARTS) is 1. The molecule has 1 fully saturated rings. The maximum Gasteiger partial charge on any atom is 0.394 e. The minimum atomic E-state index is -4.67. The second kappa shape index (κ2) is 6.47. The molecule has 1 unspecified atom stereocenters. The number of para-hydroxylation sites is 1. The van der Waals surface area contributed by atoms with E-state index in [1.807, 2.05) is 0 Å². The van der Waals surface area contributed by atoms with Crippen LogP contribution in [0.15, 0.2) is 30.3 Å². The monoisotopic (exact) mass is 331 g/mol. The van der Waals surface area contributed by atoms with Crippen LogP contribution in [0.25, 0.3) is 0 Å². The van der Waals surface area contributed by atoms with Crippen molar-refractivity contribution in [3.63, 3.8) is 0 Å². The fourth-order valence-electron chi connectivity index (χ4n) is 2.58. The smallest absolute Gasteiger partial charge is 0.394 e. The summed E-state index contributed by atoms with van der Waals surface area (Å²) in [4.78, 5) is 24.2. The topological polar surface area (TPSA) is 66.8 Å². The number of alkyl halides is 3. The van der Waals surface area contributed by atoms with Gasteiger partial charge in [0, 0.05) is 13.1 Å². The number of carbonyl (C=O) groups excluding carboxylic acids is 1. The Kier molecular flexibility index (Phi) is 4.82. The zero-order valence-electron chi connectivity index (χ0n) is 12.3. The minimum Gasteiger partial charge on any atom is -0.481 e. The molecule has 1 aliphatic rings. The largest absolute Gasteiger partial charge is 0.481 e. The average molecular weight is 331 g/mol. The van der Waals surface area contributed by atoms with Gasteiger partial charge in [-0.3, -0.25) is 9.59 Å². The fraction of sp³-hybridized carbons (Fsp3) is 0.467. The number of benzene rings is 1. The van der Waals surface area contributed by atoms with Gasteiger partial charge in [-0.2, -0.15) is 13.2 Å². The summed E-state index contributed by atoms with van der Waals surface area (Å²) in [6, 6.07) is 8.38. The predicted octanol–water partition coefficient (Wildman–Crippen LogP) is 2.18. The number of halogens is 3. The molecule has 1 N–H and O–H groups in total. The van der Waals surface area contributed by atoms with Crippen molar-refractivity contribution >= 4 is 11.9 Å². The first-order chi connectivity index (χ1) is 10.7. The zero-order chi connectivity index (χ0) is 17.2. The first-order valence-corrected chi connectivity index (χ1v) is 7.00. The molecule has 2 rings (SSSR count). The van der Waals surface area contributed by atoms with Crippen LogP contribution in [-0.2, 0) is 9.59 Å². The van der Waals surface area contributed by atoms with Crippen LogP contribution in [0, 0.1) is 11.8 Å². The Hall–Kier alpha value is -2.25. The molecule has 0 spiro atoms. The molecule has 8 heteroatoms. The van der Waals surface area contributed by atoms with E-state index in [0.717, 1.165) is 4.90 Å². The Balaban J connectivity index is 2.06. The van der Waals surface area contributed by atoms with Gasteiger partial charge in [0.2, 0.25) is 0 Å². The molecular weight excluding hydrogens is 315 g/mol. The van der Waals surface area contributed by atoms with Gasteiger partial charge >= 0.3 is 12.1 Å². The molecule has 0 aliphatic carbocycles. The van der Waals surface area contributed by atoms with Crippen LogP contribution in [0.1, 0.15) is 6.92 Å². The van der Waals surface area contributed by atoms with Crippen molar-refractivity contribution in [3.05, 3.63) is 30.3 Å². The van der Waals surface area contributed by atoms with Crippen LogP contribution in [0.3, 0.4) is 0 Å². The summed E-state index contributed by atoms with van der Waals surface area (Å²) in [7, 11) is 0. The molecule has 23 heavy (non-hydrogen) atoms. The van der Waals surface area contributed by atoms with Crippen LogP contribution in [0.2, 0.25) is 0 Å². The van der Waals surface area contributed by atoms with Gasteiger partial charge in [-0.25, -0.2) is 0 Å². The Morgan fingerprint density at radius 3 is 2.35 bits per heavy atom. The lowest BCUT2D eigenvalue weighted by Gasteiger charge is -2.22. The number of ether oxygens (including phenoxy) is 1. The second-order valence-electron chi connectivity index (χ2n) is 5.41. The quantitative estimate of drug-likeness (QED) is 0.918. The summed E-state index contributed by atoms with van der Waals surface area (Å²) in [6.45, 7) is 0.286. The van der Waals surface area contributed by atoms with E-state index in [1.54, 1.807) is 30.3 Å². The molecule has 1 saturated heterocycles. The Bertz CT molecular complexity index is 576. The van der Waals surface area contributed by atoms with Crippen molar-refractivity contribution in [2.45, 2.75) is 19.2 Å². The van der Waals surface area contributed by atoms with Gasteiger partial charge in [0.25, 0.3) is 5.91 Å². The fourth-order valence-corrected chi connectivity index (χ4v) is 2.58. The van der Waals surface area contributed by atoms with Gasteiger partial charge in [-0.05, 0) is 19.1 Å². The molecule has 0 radical (unpaired) electrons. The lowest BCUT2D eigenvalue weighted by atomic mass is 9.96. The van der Waals surface area contributed by atoms with Crippen molar-refractivity contribution in [3.8, 4) is 5.75 Å². The highest BCUT2D eigenvalue weighted by Crippen LogP contribution is 2.38. The Labute approximate surface area is 130 Å². The van der Waals surface area contributed by atoms with Crippen LogP contribution >= 0.6 is 0 Å². The third-order valence-electron chi connectivity index (χ3n) is 3.77. The summed E-state index contributed by atoms with van der Waals surface area (Å²) >= 11 is 0. The number of carbonyl (C=O) groups is 2. The van der Waals surface area contributed by atoms with E-state index < -0.39 is 49.1 Å². The van der Waals surface area contributed by atoms with E-state index in [9.17, 15) is 22.8 Å². The van der Waals surface area contributed by atoms with Gasteiger partial charge in [0.1, 0.15) is 5.75 Å². The van der Waals surface area contributed by atoms with Gasteiger partial charge in [0.15, 0.2) is 6.10 Å². The molecule has 5 nitrogen and oxygen atoms in total. The second-order valence-corrected chi connectivity index (χ2v) is 5.41. The molecule has 3 atom stereocenters. The molecule has 1 amide bonds. The maximum atomic E-state index is 12.9. The highest BCUT2D eigenvalue weighted by molar-refractivity contribution is 5.82. The highest BCUT2D eigenvalue weighted by Gasteiger charge is 2.53. The van der Waals surface area contributed by atoms with Crippen LogP contribution in [0.4, 0.5) is 13.2 Å². The van der Waals surface area contributed by atoms with Gasteiger partial charge in [-0.1, -0.05) is 18.2 Å². The maximum absolute atomic E-state index is 12.9. The molecular formula is C15H16F3NO4. The summed E-state index contributed by atoms with van der Waals surface area (Å²) in [5.74, 6) is -5.52. The molecule has 0 saturated carbocycles. The molecule has 126 valence electrons. The van der Waals surface area contributed by atoms with E-state index in [0.29, 0.717) is 5.75 Å². The lowest BCUT2D eigenvalue weighted by molar-refractivity contribution is -0.188. The van der Waals surface area contributed by atoms with Gasteiger partial charge in [-0.15, -0.1) is 0 Å². The van der Waals surface area contributed by atoms with Crippen molar-refractivity contribution in [2.24, 2.45) is 11.8 Å². The van der Waals surface area contributed by atoms with Crippen LogP contribution in [0.5, 0.6) is 5.75 Å². The molecule has 1 aromatic carbocycles. The van der Waals surface area contributed by atoms with Crippen LogP contribution < -0.4 is 4.74 Å². The summed E-state index contributed by atoms with van der Waals surface area (Å²) < 4.78 is 44.2. The number of aliphatic carboxylic acids is 1. The first kappa shape index (κ1) is 17.1. The lowest BCUT2D eigenvalue weighted by Crippen LogP contribution is -2.40. The highest BCUT2D eigenvalue weighted by atomic mass is 19.4. The van der Waals surface area contributed by atoms with Crippen molar-refractivity contribution in [1.82, 2.24) is 4.90 Å². The van der Waals surface area contributed by atoms with Crippen LogP contribution in [-0.4, -0.2) is 47.3 Å². The zero-order valence-corrected chi connectivity index (χ0v) is 12.3. The third-order valence-corrected chi connectivity index (χ3v) is 3.77. The average Bonchev–Trinajstić information content (AvgIpc) is 2.93. The predicted molar refractivity (Wildman–Crippen MR) is 73.8 cm³/mol. The summed E-state index contributed by atoms with van der Waals surface area (Å²) in [5, 5.41) is 8.95. The number of nitrogens with zero attached hydrogens (tertiary/aromatic N) is 1. The minimum absolute atomic E-state index is 0.412. The van der Waals surface area contributed by atoms with Crippen molar-refractivity contribution in [2.75, 3.05) is 13.1 Å². The summed E-state index contributed by atoms with van der Waals surface area (Å²) in [5.41, 5.74) is 0. The molecule has 1 aliphatic heterocycles. The SMILES string of the molecule is CC(Oc1ccccc1)C(=O)N1C[C@@H](C(F)(F)F)[C@H](C(=O)O)C1. The molecule has 1 aromatic rings. The number of amides is 1. The number of carboxylic acids is 1. The van der Waals surface area contributed by atoms with Gasteiger partial charge in [0.05, 0.1) is 11.8 Å². The van der Waals surface area contributed by atoms with E-state index in [4.69, 9.17) is 9.84 Å². The normalized spacial score (nSPS) is 22.7. The van der Waals surface area contributed by atoms with E-state index in [-0.39, 0.29) is 0 Å². The first-order valence-electron chi connectivity index (χ1n) is 7.00. The van der Waals surface area contributed by atoms with Crippen molar-refractivity contribution in [1.29, 1.82) is 0 Å². The van der Waals surface area contributed by atoms with E-state index in [2.05, 4.69) is 0 Å². The van der Waals surface area contributed by atoms with Crippen molar-refractivity contribution < 1.29 is 32.6 Å². The number of hydrogen-bond donors (Lipinski definition) is 1. The summed E-state index contributed by atoms with van der Waals surface area (Å²) in [6.07, 6.45) is -5.67. The third kappa shape index (κ3) is 3.94. The number of rotatable bonds is 4. The Morgan fingerprint density at radius 1 is 1.26 bits per heavy atom. The standard InChI is InChI=1S/C15H16F3NO4/c1-9(23-10-5-3-2-4-6-10)13(20)19-7-11(14(21)22)12(8-19)15(16,17)18/h2-6,9,11-12H,7-8H2,1H3,(H,21,22)/t9?,11-,12-/m1/s1. The van der Waals surface area contributed by atoms with E-state index >= 15 is 0 Å². The number of likely N-dealkylation sites (tertiary alicyclic amines) is 1. The molecule has 0 aromatic heterocycles. The van der Waals surface area contributed by atoms with Gasteiger partial charge < -0.3 is 14.7 Å². The number of hydrogen-bond acceptors (Lipinski definition) is 3. The molecule has 0 bridgehead atoms. The molecule has 1 heterocycles. The van der Waals surface area contributed by atoms with E-state index in [1.165, 1.54) is 6.92 Å². The Morgan fingerprint density at radius 2 is 1.87 bits per heavy atom.